The van der Waals surface area contributed by atoms with Crippen LogP contribution in [0.15, 0.2) is 71.0 Å². The van der Waals surface area contributed by atoms with Gasteiger partial charge in [0.1, 0.15) is 90.7 Å². The number of ether oxygens (including phenoxy) is 3. The van der Waals surface area contributed by atoms with E-state index in [0.29, 0.717) is 33.6 Å². The summed E-state index contributed by atoms with van der Waals surface area (Å²) in [6.07, 6.45) is 2.99. The van der Waals surface area contributed by atoms with Gasteiger partial charge in [0.25, 0.3) is 0 Å². The van der Waals surface area contributed by atoms with Crippen LogP contribution in [-0.2, 0) is 76.7 Å². The maximum absolute atomic E-state index is 13.2. The summed E-state index contributed by atoms with van der Waals surface area (Å²) < 4.78 is 145. The third kappa shape index (κ3) is 19.6. The molecule has 115 heavy (non-hydrogen) atoms. The molecule has 9 aromatic heterocycles. The molecular formula is C61H79Cl3N19O26P3S3. The van der Waals surface area contributed by atoms with E-state index in [1.807, 2.05) is 0 Å². The van der Waals surface area contributed by atoms with Crippen LogP contribution in [-0.4, -0.2) is 270 Å². The van der Waals surface area contributed by atoms with Gasteiger partial charge in [0.15, 0.2) is 92.4 Å². The van der Waals surface area contributed by atoms with Crippen molar-refractivity contribution in [2.45, 2.75) is 203 Å². The summed E-state index contributed by atoms with van der Waals surface area (Å²) in [7, 11) is -29.4. The Kier molecular flexibility index (Phi) is 26.2. The Hall–Kier alpha value is -6.64. The number of anilines is 3. The molecule has 0 bridgehead atoms. The zero-order chi connectivity index (χ0) is 82.4. The molecule has 3 aliphatic heterocycles. The molecule has 6 fully saturated rings. The van der Waals surface area contributed by atoms with Crippen molar-refractivity contribution in [3.8, 4) is 0 Å². The number of aliphatic hydroxyl groups is 6. The summed E-state index contributed by atoms with van der Waals surface area (Å²) in [5.41, 5.74) is 0.575. The number of sulfone groups is 3. The quantitative estimate of drug-likeness (QED) is 0.0257. The molecule has 12 heterocycles. The van der Waals surface area contributed by atoms with Crippen LogP contribution >= 0.6 is 57.6 Å². The predicted octanol–water partition coefficient (Wildman–Crippen LogP) is 1.61. The molecule has 0 aromatic carbocycles. The molecule has 45 nitrogen and oxygen atoms in total. The lowest BCUT2D eigenvalue weighted by atomic mass is 10.1. The Morgan fingerprint density at radius 2 is 0.791 bits per heavy atom. The average Bonchev–Trinajstić information content (AvgIpc) is 1.61. The zero-order valence-electron chi connectivity index (χ0n) is 59.8. The lowest BCUT2D eigenvalue weighted by molar-refractivity contribution is -0.0365. The second kappa shape index (κ2) is 35.0. The first kappa shape index (κ1) is 86.2. The third-order valence-corrected chi connectivity index (χ3v) is 34.4. The van der Waals surface area contributed by atoms with Gasteiger partial charge in [-0.1, -0.05) is 38.5 Å². The molecule has 628 valence electrons. The van der Waals surface area contributed by atoms with Crippen LogP contribution in [0.2, 0.25) is 15.9 Å². The van der Waals surface area contributed by atoms with Crippen LogP contribution in [0.1, 0.15) is 113 Å². The SMILES string of the molecule is O=P(O)(O)C(Cc1cocn1)S(=O)(=O)C[C@H]1O[C@@H](n2ncc3c(NC4CCCC4)nc(Cl)nc32)[C@H](O)[C@@H]1O.O=P(O)(O)C(Cc1ncccn1)S(=O)(=O)C[C@H]1O[C@@H](n2ncc3c(NC4CCCC4)nc(Cl)nc32)[C@H](O)[C@@H]1O.O=P(O)(O)C(Cc1ncco1)S(=O)(=O)C[C@H]1O[C@@H](n2ncc3c(NC4CCCC4)nc(Cl)nc32)[C@H](O)[C@@H]1O. The maximum Gasteiger partial charge on any atom is 0.344 e. The highest BCUT2D eigenvalue weighted by molar-refractivity contribution is 7.99. The fourth-order valence-electron chi connectivity index (χ4n) is 14.6. The number of halogens is 3. The minimum Gasteiger partial charge on any atom is -0.451 e. The minimum absolute atomic E-state index is 0.0225. The molecule has 0 spiro atoms. The van der Waals surface area contributed by atoms with Gasteiger partial charge in [-0.25, -0.2) is 59.2 Å². The molecule has 15 N–H and O–H groups in total. The Balaban J connectivity index is 0.000000150. The van der Waals surface area contributed by atoms with Gasteiger partial charge in [-0.15, -0.1) is 0 Å². The number of oxazole rings is 2. The Morgan fingerprint density at radius 1 is 0.452 bits per heavy atom. The molecule has 3 aliphatic carbocycles. The van der Waals surface area contributed by atoms with E-state index in [2.05, 4.69) is 81.1 Å². The van der Waals surface area contributed by atoms with Crippen LogP contribution in [0.25, 0.3) is 33.1 Å². The fraction of sp³-hybridized carbons (Fsp3) is 0.590. The zero-order valence-corrected chi connectivity index (χ0v) is 67.2. The Bertz CT molecular complexity index is 5200. The van der Waals surface area contributed by atoms with Crippen LogP contribution in [0.4, 0.5) is 17.5 Å². The van der Waals surface area contributed by atoms with Crippen LogP contribution in [0, 0.1) is 0 Å². The molecule has 3 saturated carbocycles. The highest BCUT2D eigenvalue weighted by Gasteiger charge is 2.54. The summed E-state index contributed by atoms with van der Waals surface area (Å²) in [5.74, 6) is -1.91. The average molecular weight is 1790 g/mol. The highest BCUT2D eigenvalue weighted by atomic mass is 35.5. The normalized spacial score (nSPS) is 25.7. The van der Waals surface area contributed by atoms with Crippen molar-refractivity contribution >= 4 is 138 Å². The molecule has 15 atom stereocenters. The molecule has 54 heteroatoms. The molecule has 3 unspecified atom stereocenters. The van der Waals surface area contributed by atoms with Crippen molar-refractivity contribution in [1.29, 1.82) is 0 Å². The van der Waals surface area contributed by atoms with E-state index < -0.39 is 177 Å². The molecule has 0 radical (unpaired) electrons. The predicted molar refractivity (Wildman–Crippen MR) is 401 cm³/mol. The van der Waals surface area contributed by atoms with Gasteiger partial charge in [0.2, 0.25) is 15.9 Å². The summed E-state index contributed by atoms with van der Waals surface area (Å²) in [6.45, 7) is 0. The van der Waals surface area contributed by atoms with Gasteiger partial charge in [-0.3, -0.25) is 13.7 Å². The maximum atomic E-state index is 13.2. The van der Waals surface area contributed by atoms with E-state index >= 15 is 0 Å². The first-order chi connectivity index (χ1) is 54.3. The van der Waals surface area contributed by atoms with E-state index in [1.54, 1.807) is 0 Å². The molecule has 6 aliphatic rings. The van der Waals surface area contributed by atoms with Crippen LogP contribution < -0.4 is 16.0 Å². The van der Waals surface area contributed by atoms with E-state index in [9.17, 15) is 98.9 Å². The number of nitrogens with one attached hydrogen (secondary N) is 3. The minimum atomic E-state index is -5.20. The van der Waals surface area contributed by atoms with Crippen molar-refractivity contribution in [3.63, 3.8) is 0 Å². The van der Waals surface area contributed by atoms with Gasteiger partial charge in [-0.05, 0) is 79.4 Å². The first-order valence-electron chi connectivity index (χ1n) is 35.7. The number of nitrogens with zero attached hydrogens (tertiary/aromatic N) is 16. The van der Waals surface area contributed by atoms with Gasteiger partial charge >= 0.3 is 22.8 Å². The molecule has 9 aromatic rings. The van der Waals surface area contributed by atoms with Crippen LogP contribution in [0.3, 0.4) is 0 Å². The van der Waals surface area contributed by atoms with Crippen molar-refractivity contribution in [3.05, 3.63) is 95.4 Å². The number of hydrogen-bond donors (Lipinski definition) is 15. The smallest absolute Gasteiger partial charge is 0.344 e. The van der Waals surface area contributed by atoms with Gasteiger partial charge in [-0.2, -0.15) is 45.2 Å². The third-order valence-electron chi connectivity index (χ3n) is 20.3. The number of aromatic nitrogens is 16. The van der Waals surface area contributed by atoms with Gasteiger partial charge in [0, 0.05) is 43.4 Å². The van der Waals surface area contributed by atoms with E-state index in [0.717, 1.165) is 101 Å². The topological polar surface area (TPSA) is 669 Å². The number of fused-ring (bicyclic) bond motifs is 3. The van der Waals surface area contributed by atoms with E-state index in [-0.39, 0.29) is 68.3 Å². The van der Waals surface area contributed by atoms with Gasteiger partial charge in [0.05, 0.1) is 70.3 Å². The lowest BCUT2D eigenvalue weighted by Gasteiger charge is -2.21. The molecular weight excluding hydrogens is 1710 g/mol. The largest absolute Gasteiger partial charge is 0.451 e. The second-order valence-electron chi connectivity index (χ2n) is 28.3. The Morgan fingerprint density at radius 3 is 1.10 bits per heavy atom. The number of aliphatic hydroxyl groups excluding tert-OH is 6. The van der Waals surface area contributed by atoms with Crippen molar-refractivity contribution < 1.29 is 122 Å². The Labute approximate surface area is 666 Å². The molecule has 0 amide bonds. The first-order valence-corrected chi connectivity index (χ1v) is 47.0. The van der Waals surface area contributed by atoms with Crippen molar-refractivity contribution in [2.24, 2.45) is 0 Å². The summed E-state index contributed by atoms with van der Waals surface area (Å²) in [4.78, 5) is 92.5. The number of hydrogen-bond acceptors (Lipinski definition) is 36. The highest BCUT2D eigenvalue weighted by Crippen LogP contribution is 2.50. The van der Waals surface area contributed by atoms with E-state index in [1.165, 1.54) is 52.6 Å². The lowest BCUT2D eigenvalue weighted by Crippen LogP contribution is -2.39. The summed E-state index contributed by atoms with van der Waals surface area (Å²) in [5, 5.41) is 88.0. The van der Waals surface area contributed by atoms with Crippen molar-refractivity contribution in [1.82, 2.24) is 79.2 Å². The fourth-order valence-corrected chi connectivity index (χ4v) is 26.2. The number of rotatable bonds is 27. The monoisotopic (exact) mass is 1790 g/mol. The summed E-state index contributed by atoms with van der Waals surface area (Å²) in [6, 6.07) is 2.09. The molecule has 3 saturated heterocycles. The second-order valence-corrected chi connectivity index (χ2v) is 42.5. The molecule has 15 rings (SSSR count). The van der Waals surface area contributed by atoms with Gasteiger partial charge < -0.3 is 99.0 Å². The summed E-state index contributed by atoms with van der Waals surface area (Å²) >= 11 is 18.4. The van der Waals surface area contributed by atoms with Crippen molar-refractivity contribution in [2.75, 3.05) is 33.2 Å². The van der Waals surface area contributed by atoms with Crippen LogP contribution in [0.5, 0.6) is 0 Å². The van der Waals surface area contributed by atoms with E-state index in [4.69, 9.17) is 57.8 Å². The standard InChI is InChI=1S/C21H27ClN7O8PS.2C20H26ClN6O9PS/c22-21-27-18(26-11-4-1-2-5-11)12-9-25-29(19(12)28-21)20-17(31)16(30)13(37-20)10-39(35,36)15(38(32,33)34)8-14-23-6-3-7-24-14;21-20-25-17(24-10-3-1-2-4-10)12-6-23-27(18(12)26-20)19-16(29)15(28)13(36-19)8-38(33,34)14(37(30,31)32)5-11-7-35-9-22-11;21-20-25-17(24-10-3-1-2-4-10)11-8-23-27(18(11)26-20)19-16(29)15(28)12(36-19)9-38(33,34)14(37(30,31)32)7-13-22-5-6-35-13/h3,6-7,9,11,13,15-17,20,30-31H,1-2,4-5,8,10H2,(H,26,27,28)(H2,32,33,34);6-7,9-10,13-16,19,28-29H,1-5,8H2,(H,24,25,26)(H2,30,31,32);5-6,8,10,12,14-16,19,28-29H,1-4,7,9H2,(H,24,25,26)(H2,30,31,32)/t13-,15?,16-,17-,20-;13-,14?,15-,16-,19-;12-,14?,15-,16-,19-/m111/s1.